The minimum atomic E-state index is -0.258. The SMILES string of the molecule is CN=C(NCc1cc(F)cc2c1OCOC2)N1CC2CCCCC2C1.I. The van der Waals surface area contributed by atoms with Gasteiger partial charge in [0, 0.05) is 37.8 Å². The summed E-state index contributed by atoms with van der Waals surface area (Å²) in [4.78, 5) is 6.81. The quantitative estimate of drug-likeness (QED) is 0.404. The standard InChI is InChI=1S/C19H26FN3O2.HI/c1-21-19(23-9-13-4-2-3-5-14(13)10-23)22-8-15-6-17(20)7-16-11-24-12-25-18(15)16;/h6-7,13-14H,2-5,8-12H2,1H3,(H,21,22);1H. The molecule has 1 saturated heterocycles. The van der Waals surface area contributed by atoms with Gasteiger partial charge in [-0.2, -0.15) is 0 Å². The summed E-state index contributed by atoms with van der Waals surface area (Å²) < 4.78 is 24.7. The summed E-state index contributed by atoms with van der Waals surface area (Å²) in [5, 5.41) is 3.40. The maximum atomic E-state index is 13.9. The molecule has 0 radical (unpaired) electrons. The van der Waals surface area contributed by atoms with Crippen molar-refractivity contribution >= 4 is 29.9 Å². The first-order valence-electron chi connectivity index (χ1n) is 9.22. The normalized spacial score (nSPS) is 25.0. The zero-order valence-electron chi connectivity index (χ0n) is 15.2. The topological polar surface area (TPSA) is 46.1 Å². The lowest BCUT2D eigenvalue weighted by Crippen LogP contribution is -2.40. The van der Waals surface area contributed by atoms with Gasteiger partial charge in [0.1, 0.15) is 11.6 Å². The predicted octanol–water partition coefficient (Wildman–Crippen LogP) is 3.51. The first-order valence-corrected chi connectivity index (χ1v) is 9.22. The maximum Gasteiger partial charge on any atom is 0.193 e. The number of hydrogen-bond donors (Lipinski definition) is 1. The Morgan fingerprint density at radius 1 is 1.27 bits per heavy atom. The van der Waals surface area contributed by atoms with Crippen molar-refractivity contribution in [3.05, 3.63) is 29.1 Å². The highest BCUT2D eigenvalue weighted by Gasteiger charge is 2.35. The molecule has 2 aliphatic heterocycles. The van der Waals surface area contributed by atoms with Crippen LogP contribution in [0.5, 0.6) is 5.75 Å². The third-order valence-electron chi connectivity index (χ3n) is 5.68. The third-order valence-corrected chi connectivity index (χ3v) is 5.68. The Morgan fingerprint density at radius 3 is 2.69 bits per heavy atom. The number of halogens is 2. The second-order valence-electron chi connectivity index (χ2n) is 7.27. The molecule has 1 aromatic rings. The molecule has 26 heavy (non-hydrogen) atoms. The number of nitrogens with one attached hydrogen (secondary N) is 1. The zero-order valence-corrected chi connectivity index (χ0v) is 17.5. The van der Waals surface area contributed by atoms with Gasteiger partial charge in [-0.05, 0) is 36.8 Å². The number of likely N-dealkylation sites (tertiary alicyclic amines) is 1. The van der Waals surface area contributed by atoms with Crippen molar-refractivity contribution in [2.24, 2.45) is 16.8 Å². The molecular formula is C19H27FIN3O2. The molecule has 144 valence electrons. The Bertz CT molecular complexity index is 656. The predicted molar refractivity (Wildman–Crippen MR) is 109 cm³/mol. The minimum absolute atomic E-state index is 0. The first-order chi connectivity index (χ1) is 12.2. The van der Waals surface area contributed by atoms with Gasteiger partial charge in [0.05, 0.1) is 6.61 Å². The minimum Gasteiger partial charge on any atom is -0.467 e. The van der Waals surface area contributed by atoms with Crippen LogP contribution in [0.2, 0.25) is 0 Å². The molecule has 4 rings (SSSR count). The van der Waals surface area contributed by atoms with Gasteiger partial charge in [0.25, 0.3) is 0 Å². The summed E-state index contributed by atoms with van der Waals surface area (Å²) in [6.45, 7) is 3.27. The molecule has 0 amide bonds. The van der Waals surface area contributed by atoms with Gasteiger partial charge >= 0.3 is 0 Å². The Labute approximate surface area is 171 Å². The van der Waals surface area contributed by atoms with Gasteiger partial charge in [-0.15, -0.1) is 24.0 Å². The molecule has 1 saturated carbocycles. The molecule has 7 heteroatoms. The molecule has 2 heterocycles. The van der Waals surface area contributed by atoms with Crippen LogP contribution in [0.15, 0.2) is 17.1 Å². The third kappa shape index (κ3) is 4.08. The number of nitrogens with zero attached hydrogens (tertiary/aromatic N) is 2. The second kappa shape index (κ2) is 8.73. The second-order valence-corrected chi connectivity index (χ2v) is 7.27. The zero-order chi connectivity index (χ0) is 17.2. The van der Waals surface area contributed by atoms with E-state index in [-0.39, 0.29) is 36.6 Å². The van der Waals surface area contributed by atoms with Crippen molar-refractivity contribution in [2.45, 2.75) is 38.8 Å². The fourth-order valence-electron chi connectivity index (χ4n) is 4.47. The lowest BCUT2D eigenvalue weighted by atomic mass is 9.82. The molecule has 3 aliphatic rings. The van der Waals surface area contributed by atoms with E-state index in [0.717, 1.165) is 47.8 Å². The Balaban J connectivity index is 0.00000196. The summed E-state index contributed by atoms with van der Waals surface area (Å²) in [6, 6.07) is 3.02. The van der Waals surface area contributed by atoms with Crippen molar-refractivity contribution in [1.82, 2.24) is 10.2 Å². The average Bonchev–Trinajstić information content (AvgIpc) is 3.06. The van der Waals surface area contributed by atoms with Gasteiger partial charge in [-0.1, -0.05) is 12.8 Å². The summed E-state index contributed by atoms with van der Waals surface area (Å²) in [5.41, 5.74) is 1.58. The van der Waals surface area contributed by atoms with Crippen LogP contribution >= 0.6 is 24.0 Å². The van der Waals surface area contributed by atoms with Crippen molar-refractivity contribution in [3.8, 4) is 5.75 Å². The number of rotatable bonds is 2. The molecule has 2 atom stereocenters. The van der Waals surface area contributed by atoms with Gasteiger partial charge in [-0.3, -0.25) is 4.99 Å². The van der Waals surface area contributed by atoms with E-state index in [1.807, 2.05) is 7.05 Å². The molecule has 0 spiro atoms. The van der Waals surface area contributed by atoms with E-state index in [1.54, 1.807) is 0 Å². The Morgan fingerprint density at radius 2 is 2.00 bits per heavy atom. The van der Waals surface area contributed by atoms with Gasteiger partial charge in [-0.25, -0.2) is 4.39 Å². The van der Waals surface area contributed by atoms with Crippen LogP contribution in [0.3, 0.4) is 0 Å². The largest absolute Gasteiger partial charge is 0.467 e. The highest BCUT2D eigenvalue weighted by molar-refractivity contribution is 14.0. The van der Waals surface area contributed by atoms with Crippen LogP contribution < -0.4 is 10.1 Å². The van der Waals surface area contributed by atoms with Gasteiger partial charge in [0.2, 0.25) is 0 Å². The maximum absolute atomic E-state index is 13.9. The summed E-state index contributed by atoms with van der Waals surface area (Å²) >= 11 is 0. The highest BCUT2D eigenvalue weighted by Crippen LogP contribution is 2.36. The van der Waals surface area contributed by atoms with Crippen LogP contribution in [-0.4, -0.2) is 37.8 Å². The lowest BCUT2D eigenvalue weighted by molar-refractivity contribution is -0.0173. The van der Waals surface area contributed by atoms with E-state index in [4.69, 9.17) is 9.47 Å². The van der Waals surface area contributed by atoms with E-state index in [9.17, 15) is 4.39 Å². The summed E-state index contributed by atoms with van der Waals surface area (Å²) in [5.74, 6) is 2.99. The van der Waals surface area contributed by atoms with Crippen molar-refractivity contribution in [2.75, 3.05) is 26.9 Å². The fourth-order valence-corrected chi connectivity index (χ4v) is 4.47. The van der Waals surface area contributed by atoms with Crippen LogP contribution in [0.25, 0.3) is 0 Å². The van der Waals surface area contributed by atoms with Crippen molar-refractivity contribution in [3.63, 3.8) is 0 Å². The molecular weight excluding hydrogens is 448 g/mol. The fraction of sp³-hybridized carbons (Fsp3) is 0.632. The monoisotopic (exact) mass is 475 g/mol. The smallest absolute Gasteiger partial charge is 0.193 e. The van der Waals surface area contributed by atoms with E-state index in [1.165, 1.54) is 37.8 Å². The molecule has 0 aromatic heterocycles. The Hall–Kier alpha value is -1.09. The van der Waals surface area contributed by atoms with Crippen LogP contribution in [0.1, 0.15) is 36.8 Å². The number of aliphatic imine (C=N–C) groups is 1. The van der Waals surface area contributed by atoms with E-state index in [2.05, 4.69) is 15.2 Å². The molecule has 2 fully saturated rings. The van der Waals surface area contributed by atoms with Crippen LogP contribution in [0, 0.1) is 17.7 Å². The molecule has 1 aliphatic carbocycles. The molecule has 2 unspecified atom stereocenters. The summed E-state index contributed by atoms with van der Waals surface area (Å²) in [6.07, 6.45) is 5.39. The summed E-state index contributed by atoms with van der Waals surface area (Å²) in [7, 11) is 1.82. The highest BCUT2D eigenvalue weighted by atomic mass is 127. The number of benzene rings is 1. The molecule has 0 bridgehead atoms. The van der Waals surface area contributed by atoms with Crippen LogP contribution in [0.4, 0.5) is 4.39 Å². The van der Waals surface area contributed by atoms with Crippen LogP contribution in [-0.2, 0) is 17.9 Å². The van der Waals surface area contributed by atoms with Crippen molar-refractivity contribution in [1.29, 1.82) is 0 Å². The number of guanidine groups is 1. The first kappa shape index (κ1) is 19.7. The van der Waals surface area contributed by atoms with E-state index in [0.29, 0.717) is 13.2 Å². The van der Waals surface area contributed by atoms with Gasteiger partial charge in [0.15, 0.2) is 12.8 Å². The number of hydrogen-bond acceptors (Lipinski definition) is 3. The lowest BCUT2D eigenvalue weighted by Gasteiger charge is -2.24. The van der Waals surface area contributed by atoms with Gasteiger partial charge < -0.3 is 19.7 Å². The number of ether oxygens (including phenoxy) is 2. The van der Waals surface area contributed by atoms with E-state index < -0.39 is 0 Å². The number of fused-ring (bicyclic) bond motifs is 2. The van der Waals surface area contributed by atoms with Crippen molar-refractivity contribution < 1.29 is 13.9 Å². The molecule has 1 aromatic carbocycles. The average molecular weight is 475 g/mol. The molecule has 5 nitrogen and oxygen atoms in total. The molecule has 1 N–H and O–H groups in total. The van der Waals surface area contributed by atoms with E-state index >= 15 is 0 Å². The Kier molecular flexibility index (Phi) is 6.60.